The van der Waals surface area contributed by atoms with Gasteiger partial charge in [0.15, 0.2) is 0 Å². The number of ether oxygens (including phenoxy) is 2. The molecule has 0 aliphatic carbocycles. The molecule has 120 valence electrons. The summed E-state index contributed by atoms with van der Waals surface area (Å²) in [5.41, 5.74) is 10.3. The first-order valence-corrected chi connectivity index (χ1v) is 8.26. The first kappa shape index (κ1) is 16.9. The molecule has 0 spiro atoms. The van der Waals surface area contributed by atoms with Crippen molar-refractivity contribution in [1.82, 2.24) is 10.5 Å². The Morgan fingerprint density at radius 1 is 1.32 bits per heavy atom. The van der Waals surface area contributed by atoms with E-state index in [0.29, 0.717) is 27.5 Å². The summed E-state index contributed by atoms with van der Waals surface area (Å²) in [6.07, 6.45) is 3.58. The molecule has 1 aromatic rings. The number of hydrazone groups is 1. The zero-order chi connectivity index (χ0) is 16.3. The summed E-state index contributed by atoms with van der Waals surface area (Å²) in [5, 5.41) is 6.43. The number of hydrogen-bond acceptors (Lipinski definition) is 7. The highest BCUT2D eigenvalue weighted by atomic mass is 35.5. The number of nitrogens with zero attached hydrogens (tertiary/aromatic N) is 2. The molecule has 6 nitrogen and oxygen atoms in total. The van der Waals surface area contributed by atoms with Crippen LogP contribution in [0.15, 0.2) is 29.2 Å². The fourth-order valence-corrected chi connectivity index (χ4v) is 2.98. The van der Waals surface area contributed by atoms with Crippen LogP contribution in [-0.4, -0.2) is 31.5 Å². The molecule has 1 aliphatic rings. The van der Waals surface area contributed by atoms with Gasteiger partial charge >= 0.3 is 0 Å². The Morgan fingerprint density at radius 2 is 2.05 bits per heavy atom. The Morgan fingerprint density at radius 3 is 2.64 bits per heavy atom. The molecule has 1 unspecified atom stereocenters. The van der Waals surface area contributed by atoms with Crippen molar-refractivity contribution in [1.29, 1.82) is 0 Å². The van der Waals surface area contributed by atoms with Crippen LogP contribution < -0.4 is 11.2 Å². The Bertz CT molecular complexity index is 624. The van der Waals surface area contributed by atoms with E-state index in [1.54, 1.807) is 24.4 Å². The lowest BCUT2D eigenvalue weighted by atomic mass is 10.2. The minimum atomic E-state index is -0.251. The Hall–Kier alpha value is -1.44. The highest BCUT2D eigenvalue weighted by Gasteiger charge is 2.26. The van der Waals surface area contributed by atoms with Crippen LogP contribution >= 0.6 is 35.0 Å². The molecule has 0 radical (unpaired) electrons. The molecule has 1 aliphatic heterocycles. The highest BCUT2D eigenvalue weighted by molar-refractivity contribution is 7.98. The van der Waals surface area contributed by atoms with Gasteiger partial charge in [-0.3, -0.25) is 5.43 Å². The third-order valence-electron chi connectivity index (χ3n) is 2.99. The number of nitrogens with one attached hydrogen (secondary N) is 1. The fourth-order valence-electron chi connectivity index (χ4n) is 1.89. The topological polar surface area (TPSA) is 72.1 Å². The quantitative estimate of drug-likeness (QED) is 0.801. The maximum absolute atomic E-state index is 6.13. The Kier molecular flexibility index (Phi) is 5.55. The SMILES string of the molecule is COC1=CC(OC)=NN(C(SC)c2ccc(Cl)c(Cl)c2N)N1. The zero-order valence-electron chi connectivity index (χ0n) is 12.3. The number of anilines is 1. The monoisotopic (exact) mass is 362 g/mol. The fraction of sp³-hybridized carbons (Fsp3) is 0.308. The molecular weight excluding hydrogens is 347 g/mol. The van der Waals surface area contributed by atoms with Crippen LogP contribution in [0.25, 0.3) is 0 Å². The van der Waals surface area contributed by atoms with Crippen molar-refractivity contribution in [2.75, 3.05) is 26.2 Å². The van der Waals surface area contributed by atoms with Gasteiger partial charge in [0.2, 0.25) is 11.8 Å². The van der Waals surface area contributed by atoms with Crippen LogP contribution in [0.3, 0.4) is 0 Å². The minimum Gasteiger partial charge on any atom is -0.481 e. The summed E-state index contributed by atoms with van der Waals surface area (Å²) in [5.74, 6) is 0.915. The van der Waals surface area contributed by atoms with E-state index < -0.39 is 0 Å². The largest absolute Gasteiger partial charge is 0.481 e. The number of halogens is 2. The number of methoxy groups -OCH3 is 2. The molecule has 0 saturated heterocycles. The van der Waals surface area contributed by atoms with Gasteiger partial charge < -0.3 is 15.2 Å². The number of rotatable bonds is 4. The molecule has 1 atom stereocenters. The van der Waals surface area contributed by atoms with Gasteiger partial charge in [-0.25, -0.2) is 0 Å². The lowest BCUT2D eigenvalue weighted by Gasteiger charge is -2.32. The minimum absolute atomic E-state index is 0.251. The van der Waals surface area contributed by atoms with Crippen LogP contribution in [0.1, 0.15) is 10.9 Å². The predicted molar refractivity (Wildman–Crippen MR) is 91.6 cm³/mol. The maximum atomic E-state index is 6.13. The summed E-state index contributed by atoms with van der Waals surface area (Å²) < 4.78 is 10.4. The normalized spacial score (nSPS) is 15.6. The van der Waals surface area contributed by atoms with E-state index in [0.717, 1.165) is 5.56 Å². The first-order chi connectivity index (χ1) is 10.5. The summed E-state index contributed by atoms with van der Waals surface area (Å²) in [7, 11) is 3.09. The molecule has 22 heavy (non-hydrogen) atoms. The number of hydrazine groups is 1. The predicted octanol–water partition coefficient (Wildman–Crippen LogP) is 3.21. The van der Waals surface area contributed by atoms with Gasteiger partial charge in [-0.2, -0.15) is 5.12 Å². The average Bonchev–Trinajstić information content (AvgIpc) is 2.55. The van der Waals surface area contributed by atoms with Crippen LogP contribution in [-0.2, 0) is 9.47 Å². The molecule has 0 bridgehead atoms. The van der Waals surface area contributed by atoms with Crippen LogP contribution in [0.2, 0.25) is 10.0 Å². The smallest absolute Gasteiger partial charge is 0.238 e. The van der Waals surface area contributed by atoms with Gasteiger partial charge in [0.1, 0.15) is 5.37 Å². The van der Waals surface area contributed by atoms with Gasteiger partial charge in [-0.15, -0.1) is 16.9 Å². The molecule has 9 heteroatoms. The lowest BCUT2D eigenvalue weighted by Crippen LogP contribution is -2.39. The van der Waals surface area contributed by atoms with Crippen molar-refractivity contribution in [2.45, 2.75) is 5.37 Å². The third-order valence-corrected chi connectivity index (χ3v) is 4.71. The van der Waals surface area contributed by atoms with Crippen LogP contribution in [0.5, 0.6) is 0 Å². The standard InChI is InChI=1S/C13H16Cl2N4O2S/c1-20-9-6-10(21-2)18-19(17-9)13(22-3)7-4-5-8(14)11(15)12(7)16/h4-6,13,17H,16H2,1-3H3. The second kappa shape index (κ2) is 7.21. The number of nitrogens with two attached hydrogens (primary N) is 1. The Balaban J connectivity index is 2.39. The van der Waals surface area contributed by atoms with Crippen molar-refractivity contribution < 1.29 is 9.47 Å². The van der Waals surface area contributed by atoms with Gasteiger partial charge in [-0.05, 0) is 12.3 Å². The highest BCUT2D eigenvalue weighted by Crippen LogP contribution is 2.40. The summed E-state index contributed by atoms with van der Waals surface area (Å²) >= 11 is 13.6. The molecule has 0 aromatic heterocycles. The average molecular weight is 363 g/mol. The second-order valence-corrected chi connectivity index (χ2v) is 5.97. The van der Waals surface area contributed by atoms with Gasteiger partial charge in [-0.1, -0.05) is 29.3 Å². The molecule has 0 amide bonds. The molecule has 2 rings (SSSR count). The lowest BCUT2D eigenvalue weighted by molar-refractivity contribution is 0.123. The third kappa shape index (κ3) is 3.31. The summed E-state index contributed by atoms with van der Waals surface area (Å²) in [6, 6.07) is 3.52. The van der Waals surface area contributed by atoms with Crippen LogP contribution in [0.4, 0.5) is 5.69 Å². The number of benzene rings is 1. The van der Waals surface area contributed by atoms with Crippen molar-refractivity contribution in [3.8, 4) is 0 Å². The summed E-state index contributed by atoms with van der Waals surface area (Å²) in [6.45, 7) is 0. The van der Waals surface area contributed by atoms with Gasteiger partial charge in [0.05, 0.1) is 36.0 Å². The van der Waals surface area contributed by atoms with E-state index in [2.05, 4.69) is 10.5 Å². The van der Waals surface area contributed by atoms with E-state index in [4.69, 9.17) is 38.4 Å². The van der Waals surface area contributed by atoms with Crippen molar-refractivity contribution in [2.24, 2.45) is 5.10 Å². The van der Waals surface area contributed by atoms with E-state index in [1.807, 2.05) is 12.3 Å². The Labute approximate surface area is 143 Å². The molecule has 1 heterocycles. The molecular formula is C13H16Cl2N4O2S. The first-order valence-electron chi connectivity index (χ1n) is 6.22. The number of hydrogen-bond donors (Lipinski definition) is 2. The van der Waals surface area contributed by atoms with Gasteiger partial charge in [0.25, 0.3) is 0 Å². The summed E-state index contributed by atoms with van der Waals surface area (Å²) in [4.78, 5) is 0. The van der Waals surface area contributed by atoms with Crippen molar-refractivity contribution >= 4 is 46.5 Å². The molecule has 1 aromatic carbocycles. The number of nitrogen functional groups attached to an aromatic ring is 1. The van der Waals surface area contributed by atoms with Gasteiger partial charge in [0, 0.05) is 5.56 Å². The number of thioether (sulfide) groups is 1. The van der Waals surface area contributed by atoms with Crippen molar-refractivity contribution in [3.05, 3.63) is 39.7 Å². The molecule has 3 N–H and O–H groups in total. The second-order valence-electron chi connectivity index (χ2n) is 4.26. The molecule has 0 fully saturated rings. The van der Waals surface area contributed by atoms with Crippen LogP contribution in [0, 0.1) is 0 Å². The molecule has 0 saturated carbocycles. The van der Waals surface area contributed by atoms with E-state index in [9.17, 15) is 0 Å². The zero-order valence-corrected chi connectivity index (χ0v) is 14.6. The van der Waals surface area contributed by atoms with E-state index >= 15 is 0 Å². The van der Waals surface area contributed by atoms with Crippen molar-refractivity contribution in [3.63, 3.8) is 0 Å². The van der Waals surface area contributed by atoms with E-state index in [1.165, 1.54) is 18.9 Å². The maximum Gasteiger partial charge on any atom is 0.238 e. The van der Waals surface area contributed by atoms with E-state index in [-0.39, 0.29) is 5.37 Å².